The number of halogens is 2. The number of rotatable bonds is 7. The first kappa shape index (κ1) is 16.3. The maximum atomic E-state index is 13.4. The Morgan fingerprint density at radius 3 is 2.50 bits per heavy atom. The van der Waals surface area contributed by atoms with Crippen LogP contribution in [0.3, 0.4) is 0 Å². The van der Waals surface area contributed by atoms with E-state index in [2.05, 4.69) is 9.71 Å². The van der Waals surface area contributed by atoms with E-state index in [4.69, 9.17) is 4.74 Å². The second-order valence-electron chi connectivity index (χ2n) is 4.39. The lowest BCUT2D eigenvalue weighted by Gasteiger charge is -2.09. The van der Waals surface area contributed by atoms with E-state index in [0.717, 1.165) is 12.1 Å². The van der Waals surface area contributed by atoms with Crippen LogP contribution in [-0.2, 0) is 15.8 Å². The molecule has 0 unspecified atom stereocenters. The molecule has 1 N–H and O–H groups in total. The molecule has 1 heterocycles. The molecule has 2 aromatic rings. The minimum absolute atomic E-state index is 0.0205. The van der Waals surface area contributed by atoms with Gasteiger partial charge in [-0.2, -0.15) is 0 Å². The van der Waals surface area contributed by atoms with Gasteiger partial charge >= 0.3 is 0 Å². The fourth-order valence-electron chi connectivity index (χ4n) is 1.71. The van der Waals surface area contributed by atoms with E-state index in [1.54, 1.807) is 18.3 Å². The standard InChI is InChI=1S/C14H14F2N2O3S/c15-13-4-1-5-14(16)12(13)10-22(19,20)18-7-8-21-11-3-2-6-17-9-11/h1-6,9,18H,7-8,10H2. The average molecular weight is 328 g/mol. The molecular formula is C14H14F2N2O3S. The van der Waals surface area contributed by atoms with Crippen LogP contribution in [-0.4, -0.2) is 26.6 Å². The molecule has 0 aliphatic heterocycles. The predicted octanol–water partition coefficient (Wildman–Crippen LogP) is 1.86. The Balaban J connectivity index is 1.86. The second kappa shape index (κ2) is 7.28. The average Bonchev–Trinajstić information content (AvgIpc) is 2.49. The number of nitrogens with zero attached hydrogens (tertiary/aromatic N) is 1. The largest absolute Gasteiger partial charge is 0.491 e. The first-order valence-corrected chi connectivity index (χ1v) is 8.06. The van der Waals surface area contributed by atoms with Gasteiger partial charge in [-0.3, -0.25) is 4.98 Å². The monoisotopic (exact) mass is 328 g/mol. The van der Waals surface area contributed by atoms with Crippen LogP contribution in [0.15, 0.2) is 42.7 Å². The third kappa shape index (κ3) is 4.74. The summed E-state index contributed by atoms with van der Waals surface area (Å²) in [6.45, 7) is 0.0535. The van der Waals surface area contributed by atoms with Gasteiger partial charge in [0.1, 0.15) is 24.0 Å². The highest BCUT2D eigenvalue weighted by Crippen LogP contribution is 2.14. The van der Waals surface area contributed by atoms with Crippen LogP contribution in [0, 0.1) is 11.6 Å². The normalized spacial score (nSPS) is 11.4. The number of sulfonamides is 1. The van der Waals surface area contributed by atoms with Gasteiger partial charge < -0.3 is 4.74 Å². The van der Waals surface area contributed by atoms with Crippen molar-refractivity contribution in [2.24, 2.45) is 0 Å². The Morgan fingerprint density at radius 1 is 1.14 bits per heavy atom. The summed E-state index contributed by atoms with van der Waals surface area (Å²) in [6, 6.07) is 6.56. The summed E-state index contributed by atoms with van der Waals surface area (Å²) in [5.41, 5.74) is -0.483. The summed E-state index contributed by atoms with van der Waals surface area (Å²) in [5.74, 6) is -2.05. The van der Waals surface area contributed by atoms with E-state index in [1.807, 2.05) is 0 Å². The molecule has 0 bridgehead atoms. The number of pyridine rings is 1. The van der Waals surface area contributed by atoms with Crippen molar-refractivity contribution in [1.29, 1.82) is 0 Å². The molecule has 0 saturated heterocycles. The van der Waals surface area contributed by atoms with Gasteiger partial charge in [0.15, 0.2) is 0 Å². The minimum atomic E-state index is -3.86. The van der Waals surface area contributed by atoms with Crippen molar-refractivity contribution in [2.75, 3.05) is 13.2 Å². The van der Waals surface area contributed by atoms with Crippen molar-refractivity contribution in [3.8, 4) is 5.75 Å². The topological polar surface area (TPSA) is 68.3 Å². The Hall–Kier alpha value is -2.06. The van der Waals surface area contributed by atoms with Crippen LogP contribution in [0.1, 0.15) is 5.56 Å². The van der Waals surface area contributed by atoms with E-state index in [1.165, 1.54) is 12.3 Å². The molecule has 0 fully saturated rings. The van der Waals surface area contributed by atoms with Crippen molar-refractivity contribution in [3.05, 3.63) is 59.9 Å². The third-order valence-corrected chi connectivity index (χ3v) is 4.04. The van der Waals surface area contributed by atoms with Gasteiger partial charge in [0, 0.05) is 18.3 Å². The predicted molar refractivity (Wildman–Crippen MR) is 76.7 cm³/mol. The highest BCUT2D eigenvalue weighted by atomic mass is 32.2. The minimum Gasteiger partial charge on any atom is -0.491 e. The lowest BCUT2D eigenvalue weighted by Crippen LogP contribution is -2.30. The molecule has 118 valence electrons. The van der Waals surface area contributed by atoms with Crippen molar-refractivity contribution in [3.63, 3.8) is 0 Å². The summed E-state index contributed by atoms with van der Waals surface area (Å²) in [5, 5.41) is 0. The molecule has 1 aromatic heterocycles. The summed E-state index contributed by atoms with van der Waals surface area (Å²) in [6.07, 6.45) is 3.07. The Labute approximate surface area is 127 Å². The Kier molecular flexibility index (Phi) is 5.40. The molecule has 2 rings (SSSR count). The first-order chi connectivity index (χ1) is 10.5. The van der Waals surface area contributed by atoms with Crippen LogP contribution < -0.4 is 9.46 Å². The lowest BCUT2D eigenvalue weighted by atomic mass is 10.2. The van der Waals surface area contributed by atoms with Crippen LogP contribution in [0.5, 0.6) is 5.75 Å². The molecule has 0 amide bonds. The fraction of sp³-hybridized carbons (Fsp3) is 0.214. The Morgan fingerprint density at radius 2 is 1.86 bits per heavy atom. The molecule has 0 aliphatic rings. The van der Waals surface area contributed by atoms with E-state index in [9.17, 15) is 17.2 Å². The molecule has 22 heavy (non-hydrogen) atoms. The molecule has 8 heteroatoms. The van der Waals surface area contributed by atoms with Crippen molar-refractivity contribution < 1.29 is 21.9 Å². The van der Waals surface area contributed by atoms with Crippen LogP contribution >= 0.6 is 0 Å². The molecule has 0 atom stereocenters. The van der Waals surface area contributed by atoms with Crippen LogP contribution in [0.2, 0.25) is 0 Å². The lowest BCUT2D eigenvalue weighted by molar-refractivity contribution is 0.321. The highest BCUT2D eigenvalue weighted by molar-refractivity contribution is 7.88. The molecule has 0 aliphatic carbocycles. The summed E-state index contributed by atoms with van der Waals surface area (Å²) in [4.78, 5) is 3.84. The van der Waals surface area contributed by atoms with Crippen molar-refractivity contribution in [2.45, 2.75) is 5.75 Å². The number of aromatic nitrogens is 1. The number of benzene rings is 1. The van der Waals surface area contributed by atoms with E-state index in [-0.39, 0.29) is 13.2 Å². The summed E-state index contributed by atoms with van der Waals surface area (Å²) >= 11 is 0. The highest BCUT2D eigenvalue weighted by Gasteiger charge is 2.17. The fourth-order valence-corrected chi connectivity index (χ4v) is 2.86. The number of hydrogen-bond donors (Lipinski definition) is 1. The van der Waals surface area contributed by atoms with E-state index < -0.39 is 33.0 Å². The smallest absolute Gasteiger partial charge is 0.216 e. The maximum absolute atomic E-state index is 13.4. The number of ether oxygens (including phenoxy) is 1. The van der Waals surface area contributed by atoms with Crippen molar-refractivity contribution in [1.82, 2.24) is 9.71 Å². The van der Waals surface area contributed by atoms with Crippen LogP contribution in [0.4, 0.5) is 8.78 Å². The Bertz CT molecular complexity index is 704. The maximum Gasteiger partial charge on any atom is 0.216 e. The van der Waals surface area contributed by atoms with E-state index in [0.29, 0.717) is 5.75 Å². The molecule has 5 nitrogen and oxygen atoms in total. The number of nitrogens with one attached hydrogen (secondary N) is 1. The van der Waals surface area contributed by atoms with Gasteiger partial charge in [0.25, 0.3) is 0 Å². The zero-order valence-corrected chi connectivity index (χ0v) is 12.3. The van der Waals surface area contributed by atoms with Gasteiger partial charge in [0.05, 0.1) is 11.9 Å². The molecule has 0 saturated carbocycles. The zero-order valence-electron chi connectivity index (χ0n) is 11.5. The molecular weight excluding hydrogens is 314 g/mol. The molecule has 0 radical (unpaired) electrons. The quantitative estimate of drug-likeness (QED) is 0.788. The SMILES string of the molecule is O=S(=O)(Cc1c(F)cccc1F)NCCOc1cccnc1. The summed E-state index contributed by atoms with van der Waals surface area (Å²) in [7, 11) is -3.86. The van der Waals surface area contributed by atoms with Crippen LogP contribution in [0.25, 0.3) is 0 Å². The van der Waals surface area contributed by atoms with Gasteiger partial charge in [0.2, 0.25) is 10.0 Å². The van der Waals surface area contributed by atoms with Gasteiger partial charge in [-0.25, -0.2) is 21.9 Å². The third-order valence-electron chi connectivity index (χ3n) is 2.72. The second-order valence-corrected chi connectivity index (χ2v) is 6.20. The first-order valence-electron chi connectivity index (χ1n) is 6.41. The van der Waals surface area contributed by atoms with Gasteiger partial charge in [-0.15, -0.1) is 0 Å². The van der Waals surface area contributed by atoms with E-state index >= 15 is 0 Å². The summed E-state index contributed by atoms with van der Waals surface area (Å²) < 4.78 is 57.9. The van der Waals surface area contributed by atoms with Gasteiger partial charge in [-0.1, -0.05) is 6.07 Å². The van der Waals surface area contributed by atoms with Crippen molar-refractivity contribution >= 4 is 10.0 Å². The van der Waals surface area contributed by atoms with Gasteiger partial charge in [-0.05, 0) is 24.3 Å². The molecule has 0 spiro atoms. The zero-order chi connectivity index (χ0) is 16.0. The number of hydrogen-bond acceptors (Lipinski definition) is 4. The molecule has 1 aromatic carbocycles.